The molecule has 8 nitrogen and oxygen atoms in total. The number of amides is 1. The van der Waals surface area contributed by atoms with Crippen LogP contribution in [0.5, 0.6) is 11.5 Å². The second-order valence-corrected chi connectivity index (χ2v) is 10.4. The van der Waals surface area contributed by atoms with Crippen molar-refractivity contribution >= 4 is 51.7 Å². The average Bonchev–Trinajstić information content (AvgIpc) is 3.59. The summed E-state index contributed by atoms with van der Waals surface area (Å²) in [5, 5.41) is 0. The fourth-order valence-corrected chi connectivity index (χ4v) is 5.82. The van der Waals surface area contributed by atoms with Gasteiger partial charge in [-0.2, -0.15) is 0 Å². The highest BCUT2D eigenvalue weighted by Crippen LogP contribution is 2.37. The van der Waals surface area contributed by atoms with Gasteiger partial charge in [0.2, 0.25) is 6.79 Å². The van der Waals surface area contributed by atoms with Crippen molar-refractivity contribution in [2.75, 3.05) is 24.8 Å². The fraction of sp³-hybridized carbons (Fsp3) is 0.280. The number of fused-ring (bicyclic) bond motifs is 2. The van der Waals surface area contributed by atoms with Crippen molar-refractivity contribution in [2.45, 2.75) is 26.3 Å². The van der Waals surface area contributed by atoms with Crippen molar-refractivity contribution in [3.8, 4) is 11.5 Å². The minimum Gasteiger partial charge on any atom is -0.454 e. The van der Waals surface area contributed by atoms with Gasteiger partial charge in [-0.1, -0.05) is 36.1 Å². The summed E-state index contributed by atoms with van der Waals surface area (Å²) in [6.07, 6.45) is 5.47. The van der Waals surface area contributed by atoms with Crippen LogP contribution in [-0.2, 0) is 11.3 Å². The van der Waals surface area contributed by atoms with Crippen LogP contribution in [0.1, 0.15) is 29.5 Å². The van der Waals surface area contributed by atoms with E-state index < -0.39 is 0 Å². The third kappa shape index (κ3) is 3.86. The van der Waals surface area contributed by atoms with Gasteiger partial charge in [0.25, 0.3) is 11.5 Å². The normalized spacial score (nSPS) is 18.5. The van der Waals surface area contributed by atoms with Gasteiger partial charge in [-0.3, -0.25) is 18.9 Å². The molecule has 178 valence electrons. The van der Waals surface area contributed by atoms with Crippen molar-refractivity contribution < 1.29 is 14.3 Å². The third-order valence-electron chi connectivity index (χ3n) is 6.40. The lowest BCUT2D eigenvalue weighted by Gasteiger charge is -2.20. The number of hydrogen-bond donors (Lipinski definition) is 0. The Hall–Kier alpha value is -3.37. The van der Waals surface area contributed by atoms with E-state index >= 15 is 0 Å². The first-order chi connectivity index (χ1) is 17.0. The molecule has 6 rings (SSSR count). The molecular weight excluding hydrogens is 484 g/mol. The summed E-state index contributed by atoms with van der Waals surface area (Å²) in [5.41, 5.74) is 2.66. The Kier molecular flexibility index (Phi) is 5.49. The molecule has 0 saturated carbocycles. The number of anilines is 1. The molecule has 2 saturated heterocycles. The smallest absolute Gasteiger partial charge is 0.267 e. The van der Waals surface area contributed by atoms with Crippen molar-refractivity contribution in [3.05, 3.63) is 68.5 Å². The standard InChI is InChI=1S/C25H22N4O4S2/c1-15-5-4-10-28-21(15)26-22(27-8-2-3-9-27)17(23(28)30)12-20-24(31)29(25(34)35-20)13-16-6-7-18-19(11-16)33-14-32-18/h4-7,10-12H,2-3,8-9,13-14H2,1H3. The van der Waals surface area contributed by atoms with E-state index in [4.69, 9.17) is 26.7 Å². The SMILES string of the molecule is Cc1cccn2c(=O)c(C=C3SC(=S)N(Cc4ccc5c(c4)OCO5)C3=O)c(N3CCCC3)nc12. The first-order valence-corrected chi connectivity index (χ1v) is 12.6. The molecule has 0 radical (unpaired) electrons. The second kappa shape index (κ2) is 8.69. The van der Waals surface area contributed by atoms with Crippen LogP contribution >= 0.6 is 24.0 Å². The predicted molar refractivity (Wildman–Crippen MR) is 139 cm³/mol. The van der Waals surface area contributed by atoms with Gasteiger partial charge >= 0.3 is 0 Å². The first kappa shape index (κ1) is 22.1. The zero-order valence-electron chi connectivity index (χ0n) is 19.0. The number of ether oxygens (including phenoxy) is 2. The Balaban J connectivity index is 1.38. The molecule has 0 unspecified atom stereocenters. The number of thiocarbonyl (C=S) groups is 1. The molecule has 2 aromatic heterocycles. The maximum absolute atomic E-state index is 13.6. The quantitative estimate of drug-likeness (QED) is 0.391. The summed E-state index contributed by atoms with van der Waals surface area (Å²) in [6, 6.07) is 9.35. The zero-order chi connectivity index (χ0) is 24.1. The number of aromatic nitrogens is 2. The number of benzene rings is 1. The molecule has 0 spiro atoms. The van der Waals surface area contributed by atoms with Gasteiger partial charge in [-0.05, 0) is 55.2 Å². The van der Waals surface area contributed by atoms with Crippen LogP contribution in [0.4, 0.5) is 5.82 Å². The minimum absolute atomic E-state index is 0.191. The maximum atomic E-state index is 13.6. The minimum atomic E-state index is -0.223. The van der Waals surface area contributed by atoms with Crippen LogP contribution in [0.2, 0.25) is 0 Å². The van der Waals surface area contributed by atoms with E-state index in [1.54, 1.807) is 21.6 Å². The highest BCUT2D eigenvalue weighted by Gasteiger charge is 2.33. The number of carbonyl (C=O) groups excluding carboxylic acids is 1. The average molecular weight is 507 g/mol. The van der Waals surface area contributed by atoms with E-state index in [9.17, 15) is 9.59 Å². The molecule has 1 amide bonds. The number of hydrogen-bond acceptors (Lipinski definition) is 8. The van der Waals surface area contributed by atoms with Crippen molar-refractivity contribution in [1.82, 2.24) is 14.3 Å². The number of carbonyl (C=O) groups is 1. The molecule has 5 heterocycles. The zero-order valence-corrected chi connectivity index (χ0v) is 20.7. The molecule has 10 heteroatoms. The molecule has 0 N–H and O–H groups in total. The number of nitrogens with zero attached hydrogens (tertiary/aromatic N) is 4. The Morgan fingerprint density at radius 3 is 2.77 bits per heavy atom. The molecule has 0 atom stereocenters. The summed E-state index contributed by atoms with van der Waals surface area (Å²) in [5.74, 6) is 1.75. The Morgan fingerprint density at radius 2 is 1.94 bits per heavy atom. The molecule has 0 bridgehead atoms. The van der Waals surface area contributed by atoms with Crippen LogP contribution in [0.25, 0.3) is 11.7 Å². The van der Waals surface area contributed by atoms with E-state index in [-0.39, 0.29) is 18.3 Å². The molecular formula is C25H22N4O4S2. The number of aryl methyl sites for hydroxylation is 1. The van der Waals surface area contributed by atoms with Crippen molar-refractivity contribution in [3.63, 3.8) is 0 Å². The monoisotopic (exact) mass is 506 g/mol. The van der Waals surface area contributed by atoms with E-state index in [1.807, 2.05) is 37.3 Å². The molecule has 1 aromatic carbocycles. The lowest BCUT2D eigenvalue weighted by molar-refractivity contribution is -0.122. The van der Waals surface area contributed by atoms with E-state index in [0.29, 0.717) is 44.3 Å². The van der Waals surface area contributed by atoms with Crippen molar-refractivity contribution in [2.24, 2.45) is 0 Å². The largest absolute Gasteiger partial charge is 0.454 e. The number of pyridine rings is 1. The lowest BCUT2D eigenvalue weighted by Crippen LogP contribution is -2.28. The molecule has 3 aromatic rings. The van der Waals surface area contributed by atoms with Crippen LogP contribution in [-0.4, -0.2) is 44.4 Å². The van der Waals surface area contributed by atoms with Gasteiger partial charge in [0.1, 0.15) is 15.8 Å². The topological polar surface area (TPSA) is 76.4 Å². The van der Waals surface area contributed by atoms with Gasteiger partial charge < -0.3 is 14.4 Å². The highest BCUT2D eigenvalue weighted by atomic mass is 32.2. The number of thioether (sulfide) groups is 1. The van der Waals surface area contributed by atoms with Gasteiger partial charge in [0, 0.05) is 19.3 Å². The maximum Gasteiger partial charge on any atom is 0.267 e. The van der Waals surface area contributed by atoms with E-state index in [1.165, 1.54) is 11.8 Å². The van der Waals surface area contributed by atoms with Crippen LogP contribution < -0.4 is 19.9 Å². The van der Waals surface area contributed by atoms with E-state index in [2.05, 4.69) is 4.90 Å². The summed E-state index contributed by atoms with van der Waals surface area (Å²) in [4.78, 5) is 35.9. The molecule has 3 aliphatic heterocycles. The summed E-state index contributed by atoms with van der Waals surface area (Å²) >= 11 is 6.75. The summed E-state index contributed by atoms with van der Waals surface area (Å²) in [6.45, 7) is 4.11. The van der Waals surface area contributed by atoms with Crippen LogP contribution in [0.15, 0.2) is 46.2 Å². The molecule has 35 heavy (non-hydrogen) atoms. The summed E-state index contributed by atoms with van der Waals surface area (Å²) in [7, 11) is 0. The first-order valence-electron chi connectivity index (χ1n) is 11.4. The van der Waals surface area contributed by atoms with Crippen molar-refractivity contribution in [1.29, 1.82) is 0 Å². The van der Waals surface area contributed by atoms with Gasteiger partial charge in [0.05, 0.1) is 17.0 Å². The van der Waals surface area contributed by atoms with Gasteiger partial charge in [-0.25, -0.2) is 4.98 Å². The fourth-order valence-electron chi connectivity index (χ4n) is 4.59. The number of rotatable bonds is 4. The van der Waals surface area contributed by atoms with Crippen LogP contribution in [0, 0.1) is 6.92 Å². The molecule has 2 fully saturated rings. The summed E-state index contributed by atoms with van der Waals surface area (Å²) < 4.78 is 12.8. The Morgan fingerprint density at radius 1 is 1.14 bits per heavy atom. The van der Waals surface area contributed by atoms with Gasteiger partial charge in [-0.15, -0.1) is 0 Å². The highest BCUT2D eigenvalue weighted by molar-refractivity contribution is 8.26. The Labute approximate surface area is 211 Å². The van der Waals surface area contributed by atoms with Gasteiger partial charge in [0.15, 0.2) is 11.5 Å². The van der Waals surface area contributed by atoms with Crippen LogP contribution in [0.3, 0.4) is 0 Å². The Bertz CT molecular complexity index is 1480. The lowest BCUT2D eigenvalue weighted by atomic mass is 10.2. The third-order valence-corrected chi connectivity index (χ3v) is 7.77. The molecule has 3 aliphatic rings. The second-order valence-electron chi connectivity index (χ2n) is 8.69. The van der Waals surface area contributed by atoms with E-state index in [0.717, 1.165) is 37.1 Å². The predicted octanol–water partition coefficient (Wildman–Crippen LogP) is 3.73. The molecule has 0 aliphatic carbocycles.